The molecule has 0 atom stereocenters. The van der Waals surface area contributed by atoms with Crippen LogP contribution < -0.4 is 4.90 Å². The average molecular weight is 284 g/mol. The van der Waals surface area contributed by atoms with E-state index in [0.717, 1.165) is 44.1 Å². The Bertz CT molecular complexity index is 550. The van der Waals surface area contributed by atoms with Crippen LogP contribution in [-0.2, 0) is 13.2 Å². The number of anilines is 1. The molecule has 1 fully saturated rings. The Labute approximate surface area is 124 Å². The molecule has 0 bridgehead atoms. The lowest BCUT2D eigenvalue weighted by molar-refractivity contribution is 0.249. The summed E-state index contributed by atoms with van der Waals surface area (Å²) in [6.45, 7) is 5.08. The fraction of sp³-hybridized carbons (Fsp3) is 0.375. The van der Waals surface area contributed by atoms with Crippen molar-refractivity contribution in [3.8, 4) is 0 Å². The number of aliphatic hydroxyl groups excluding tert-OH is 1. The Kier molecular flexibility index (Phi) is 4.43. The predicted molar refractivity (Wildman–Crippen MR) is 81.9 cm³/mol. The molecule has 1 saturated heterocycles. The van der Waals surface area contributed by atoms with Crippen molar-refractivity contribution in [2.45, 2.75) is 13.2 Å². The van der Waals surface area contributed by atoms with Crippen LogP contribution in [0.5, 0.6) is 0 Å². The van der Waals surface area contributed by atoms with Gasteiger partial charge in [-0.3, -0.25) is 4.90 Å². The molecule has 21 heavy (non-hydrogen) atoms. The van der Waals surface area contributed by atoms with Crippen molar-refractivity contribution in [3.05, 3.63) is 53.7 Å². The summed E-state index contributed by atoms with van der Waals surface area (Å²) >= 11 is 0. The van der Waals surface area contributed by atoms with Gasteiger partial charge in [0.1, 0.15) is 0 Å². The van der Waals surface area contributed by atoms with E-state index >= 15 is 0 Å². The molecular formula is C16H20N4O. The van der Waals surface area contributed by atoms with Crippen LogP contribution in [0.3, 0.4) is 0 Å². The molecule has 1 aromatic heterocycles. The maximum atomic E-state index is 9.06. The van der Waals surface area contributed by atoms with Crippen LogP contribution in [0, 0.1) is 0 Å². The lowest BCUT2D eigenvalue weighted by Crippen LogP contribution is -2.46. The molecule has 0 saturated carbocycles. The quantitative estimate of drug-likeness (QED) is 0.917. The van der Waals surface area contributed by atoms with Gasteiger partial charge in [-0.2, -0.15) is 5.10 Å². The maximum absolute atomic E-state index is 9.06. The van der Waals surface area contributed by atoms with Crippen LogP contribution in [0.25, 0.3) is 0 Å². The molecule has 1 aliphatic rings. The first-order chi connectivity index (χ1) is 10.3. The number of benzene rings is 1. The van der Waals surface area contributed by atoms with E-state index in [2.05, 4.69) is 32.1 Å². The molecule has 0 aliphatic carbocycles. The third kappa shape index (κ3) is 3.56. The fourth-order valence-corrected chi connectivity index (χ4v) is 2.61. The summed E-state index contributed by atoms with van der Waals surface area (Å²) in [5, 5.41) is 17.2. The second kappa shape index (κ2) is 6.65. The van der Waals surface area contributed by atoms with Gasteiger partial charge < -0.3 is 10.0 Å². The van der Waals surface area contributed by atoms with Gasteiger partial charge in [0.2, 0.25) is 0 Å². The number of piperazine rings is 1. The van der Waals surface area contributed by atoms with Crippen molar-refractivity contribution >= 4 is 5.82 Å². The number of aliphatic hydroxyl groups is 1. The Balaban J connectivity index is 1.53. The number of hydrogen-bond donors (Lipinski definition) is 1. The van der Waals surface area contributed by atoms with Crippen molar-refractivity contribution in [3.63, 3.8) is 0 Å². The van der Waals surface area contributed by atoms with Gasteiger partial charge >= 0.3 is 0 Å². The highest BCUT2D eigenvalue weighted by Crippen LogP contribution is 2.14. The minimum Gasteiger partial charge on any atom is -0.392 e. The molecule has 0 amide bonds. The summed E-state index contributed by atoms with van der Waals surface area (Å²) in [6, 6.07) is 12.1. The standard InChI is InChI=1S/C16H20N4O/c21-13-15-5-3-14(4-6-15)12-19-8-10-20(11-9-19)16-2-1-7-17-18-16/h1-7,21H,8-13H2. The largest absolute Gasteiger partial charge is 0.392 e. The molecule has 3 rings (SSSR count). The van der Waals surface area contributed by atoms with Crippen LogP contribution in [0.15, 0.2) is 42.6 Å². The van der Waals surface area contributed by atoms with Crippen LogP contribution >= 0.6 is 0 Å². The lowest BCUT2D eigenvalue weighted by Gasteiger charge is -2.35. The molecule has 5 heteroatoms. The van der Waals surface area contributed by atoms with Crippen LogP contribution in [0.4, 0.5) is 5.82 Å². The van der Waals surface area contributed by atoms with E-state index in [1.807, 2.05) is 24.3 Å². The molecule has 1 aliphatic heterocycles. The average Bonchev–Trinajstić information content (AvgIpc) is 2.57. The van der Waals surface area contributed by atoms with Crippen LogP contribution in [0.1, 0.15) is 11.1 Å². The summed E-state index contributed by atoms with van der Waals surface area (Å²) in [5.41, 5.74) is 2.26. The van der Waals surface area contributed by atoms with Crippen molar-refractivity contribution in [1.82, 2.24) is 15.1 Å². The highest BCUT2D eigenvalue weighted by atomic mass is 16.3. The minimum absolute atomic E-state index is 0.108. The highest BCUT2D eigenvalue weighted by Gasteiger charge is 2.18. The van der Waals surface area contributed by atoms with Gasteiger partial charge in [-0.1, -0.05) is 24.3 Å². The second-order valence-corrected chi connectivity index (χ2v) is 5.32. The Morgan fingerprint density at radius 1 is 0.952 bits per heavy atom. The smallest absolute Gasteiger partial charge is 0.151 e. The molecule has 110 valence electrons. The minimum atomic E-state index is 0.108. The van der Waals surface area contributed by atoms with Gasteiger partial charge in [0.05, 0.1) is 6.61 Å². The number of aromatic nitrogens is 2. The Morgan fingerprint density at radius 3 is 2.29 bits per heavy atom. The van der Waals surface area contributed by atoms with Crippen LogP contribution in [-0.4, -0.2) is 46.4 Å². The SMILES string of the molecule is OCc1ccc(CN2CCN(c3cccnn3)CC2)cc1. The summed E-state index contributed by atoms with van der Waals surface area (Å²) in [7, 11) is 0. The summed E-state index contributed by atoms with van der Waals surface area (Å²) in [6.07, 6.45) is 1.70. The normalized spacial score (nSPS) is 16.1. The molecule has 2 heterocycles. The van der Waals surface area contributed by atoms with E-state index in [1.165, 1.54) is 5.56 Å². The van der Waals surface area contributed by atoms with Crippen molar-refractivity contribution < 1.29 is 5.11 Å². The van der Waals surface area contributed by atoms with E-state index in [4.69, 9.17) is 5.11 Å². The first-order valence-electron chi connectivity index (χ1n) is 7.29. The molecule has 0 radical (unpaired) electrons. The third-order valence-electron chi connectivity index (χ3n) is 3.87. The summed E-state index contributed by atoms with van der Waals surface area (Å²) in [4.78, 5) is 4.72. The molecule has 1 N–H and O–H groups in total. The lowest BCUT2D eigenvalue weighted by atomic mass is 10.1. The van der Waals surface area contributed by atoms with Crippen molar-refractivity contribution in [1.29, 1.82) is 0 Å². The second-order valence-electron chi connectivity index (χ2n) is 5.32. The Hall–Kier alpha value is -1.98. The van der Waals surface area contributed by atoms with Gasteiger partial charge in [-0.15, -0.1) is 5.10 Å². The van der Waals surface area contributed by atoms with E-state index in [1.54, 1.807) is 6.20 Å². The molecule has 0 spiro atoms. The number of hydrogen-bond acceptors (Lipinski definition) is 5. The number of nitrogens with zero attached hydrogens (tertiary/aromatic N) is 4. The van der Waals surface area contributed by atoms with E-state index in [-0.39, 0.29) is 6.61 Å². The molecule has 5 nitrogen and oxygen atoms in total. The zero-order chi connectivity index (χ0) is 14.5. The molecular weight excluding hydrogens is 264 g/mol. The number of rotatable bonds is 4. The monoisotopic (exact) mass is 284 g/mol. The van der Waals surface area contributed by atoms with Gasteiger partial charge in [-0.05, 0) is 23.3 Å². The van der Waals surface area contributed by atoms with E-state index < -0.39 is 0 Å². The fourth-order valence-electron chi connectivity index (χ4n) is 2.61. The molecule has 2 aromatic rings. The maximum Gasteiger partial charge on any atom is 0.151 e. The van der Waals surface area contributed by atoms with Crippen LogP contribution in [0.2, 0.25) is 0 Å². The predicted octanol–water partition coefficient (Wildman–Crippen LogP) is 1.29. The molecule has 1 aromatic carbocycles. The third-order valence-corrected chi connectivity index (χ3v) is 3.87. The first kappa shape index (κ1) is 14.0. The van der Waals surface area contributed by atoms with Gasteiger partial charge in [0.25, 0.3) is 0 Å². The van der Waals surface area contributed by atoms with Gasteiger partial charge in [0, 0.05) is 38.9 Å². The van der Waals surface area contributed by atoms with E-state index in [0.29, 0.717) is 0 Å². The Morgan fingerprint density at radius 2 is 1.67 bits per heavy atom. The van der Waals surface area contributed by atoms with Crippen molar-refractivity contribution in [2.75, 3.05) is 31.1 Å². The van der Waals surface area contributed by atoms with Crippen molar-refractivity contribution in [2.24, 2.45) is 0 Å². The van der Waals surface area contributed by atoms with Gasteiger partial charge in [-0.25, -0.2) is 0 Å². The first-order valence-corrected chi connectivity index (χ1v) is 7.29. The van der Waals surface area contributed by atoms with Gasteiger partial charge in [0.15, 0.2) is 5.82 Å². The zero-order valence-corrected chi connectivity index (χ0v) is 12.0. The topological polar surface area (TPSA) is 52.5 Å². The highest BCUT2D eigenvalue weighted by molar-refractivity contribution is 5.36. The summed E-state index contributed by atoms with van der Waals surface area (Å²) < 4.78 is 0. The zero-order valence-electron chi connectivity index (χ0n) is 12.0. The summed E-state index contributed by atoms with van der Waals surface area (Å²) in [5.74, 6) is 0.962. The molecule has 0 unspecified atom stereocenters. The van der Waals surface area contributed by atoms with E-state index in [9.17, 15) is 0 Å².